The van der Waals surface area contributed by atoms with Crippen LogP contribution in [0, 0.1) is 26.6 Å². The van der Waals surface area contributed by atoms with Gasteiger partial charge in [0.2, 0.25) is 0 Å². The van der Waals surface area contributed by atoms with Gasteiger partial charge in [-0.25, -0.2) is 24.3 Å². The van der Waals surface area contributed by atoms with E-state index in [2.05, 4.69) is 19.9 Å². The number of para-hydroxylation sites is 2. The lowest BCUT2D eigenvalue weighted by Crippen LogP contribution is -2.47. The molecule has 3 heterocycles. The van der Waals surface area contributed by atoms with Crippen LogP contribution >= 0.6 is 0 Å². The first-order valence-corrected chi connectivity index (χ1v) is 8.77. The number of aryl methyl sites for hydroxylation is 3. The summed E-state index contributed by atoms with van der Waals surface area (Å²) in [6.07, 6.45) is 0. The maximum Gasteiger partial charge on any atom is 0.186 e. The molecule has 0 saturated carbocycles. The van der Waals surface area contributed by atoms with Crippen LogP contribution in [0.15, 0.2) is 24.3 Å². The molecule has 134 valence electrons. The van der Waals surface area contributed by atoms with Crippen LogP contribution in [0.25, 0.3) is 11.0 Å². The van der Waals surface area contributed by atoms with Gasteiger partial charge < -0.3 is 9.80 Å². The Bertz CT molecular complexity index is 966. The predicted octanol–water partition coefficient (Wildman–Crippen LogP) is 2.81. The zero-order valence-corrected chi connectivity index (χ0v) is 15.2. The van der Waals surface area contributed by atoms with Crippen LogP contribution in [0.4, 0.5) is 16.0 Å². The molecule has 0 unspecified atom stereocenters. The highest BCUT2D eigenvalue weighted by Gasteiger charge is 2.24. The Balaban J connectivity index is 1.57. The summed E-state index contributed by atoms with van der Waals surface area (Å²) in [5.41, 5.74) is 3.10. The van der Waals surface area contributed by atoms with E-state index in [4.69, 9.17) is 4.98 Å². The average molecular weight is 352 g/mol. The Labute approximate surface area is 151 Å². The van der Waals surface area contributed by atoms with Gasteiger partial charge in [0.15, 0.2) is 17.5 Å². The predicted molar refractivity (Wildman–Crippen MR) is 100 cm³/mol. The van der Waals surface area contributed by atoms with Crippen molar-refractivity contribution in [2.45, 2.75) is 20.8 Å². The molecule has 7 heteroatoms. The Kier molecular flexibility index (Phi) is 4.14. The molecule has 4 rings (SSSR count). The number of rotatable bonds is 2. The third kappa shape index (κ3) is 2.94. The van der Waals surface area contributed by atoms with E-state index in [9.17, 15) is 4.39 Å². The van der Waals surface area contributed by atoms with Crippen LogP contribution in [0.2, 0.25) is 0 Å². The van der Waals surface area contributed by atoms with Gasteiger partial charge in [0.1, 0.15) is 5.82 Å². The standard InChI is InChI=1S/C19H21FN6/c1-12-17(20)19(23-14(3)21-12)26-10-8-25(9-11-26)18-13(2)22-15-6-4-5-7-16(15)24-18/h4-7H,8-11H2,1-3H3. The third-order valence-corrected chi connectivity index (χ3v) is 4.71. The molecule has 1 aliphatic rings. The monoisotopic (exact) mass is 352 g/mol. The van der Waals surface area contributed by atoms with Crippen LogP contribution in [-0.2, 0) is 0 Å². The smallest absolute Gasteiger partial charge is 0.186 e. The normalized spacial score (nSPS) is 14.9. The molecule has 0 aliphatic carbocycles. The number of benzene rings is 1. The molecule has 1 saturated heterocycles. The maximum atomic E-state index is 14.4. The van der Waals surface area contributed by atoms with Crippen LogP contribution in [0.3, 0.4) is 0 Å². The number of aromatic nitrogens is 4. The molecule has 1 aromatic carbocycles. The van der Waals surface area contributed by atoms with E-state index in [1.807, 2.05) is 36.1 Å². The summed E-state index contributed by atoms with van der Waals surface area (Å²) in [5.74, 6) is 1.57. The molecule has 1 fully saturated rings. The van der Waals surface area contributed by atoms with Crippen LogP contribution in [0.1, 0.15) is 17.2 Å². The van der Waals surface area contributed by atoms with Gasteiger partial charge in [0, 0.05) is 26.2 Å². The number of piperazine rings is 1. The van der Waals surface area contributed by atoms with Crippen molar-refractivity contribution in [2.75, 3.05) is 36.0 Å². The molecular weight excluding hydrogens is 331 g/mol. The van der Waals surface area contributed by atoms with Crippen LogP contribution in [-0.4, -0.2) is 46.1 Å². The van der Waals surface area contributed by atoms with Crippen molar-refractivity contribution in [3.8, 4) is 0 Å². The second-order valence-corrected chi connectivity index (χ2v) is 6.59. The van der Waals surface area contributed by atoms with Crippen LogP contribution < -0.4 is 9.80 Å². The van der Waals surface area contributed by atoms with Gasteiger partial charge in [-0.3, -0.25) is 0 Å². The minimum Gasteiger partial charge on any atom is -0.352 e. The molecule has 1 aliphatic heterocycles. The molecule has 0 bridgehead atoms. The number of anilines is 2. The third-order valence-electron chi connectivity index (χ3n) is 4.71. The molecule has 6 nitrogen and oxygen atoms in total. The second-order valence-electron chi connectivity index (χ2n) is 6.59. The molecule has 0 radical (unpaired) electrons. The van der Waals surface area contributed by atoms with Gasteiger partial charge >= 0.3 is 0 Å². The Hall–Kier alpha value is -2.83. The summed E-state index contributed by atoms with van der Waals surface area (Å²) in [6, 6.07) is 7.88. The minimum absolute atomic E-state index is 0.328. The van der Waals surface area contributed by atoms with Gasteiger partial charge in [-0.2, -0.15) is 0 Å². The summed E-state index contributed by atoms with van der Waals surface area (Å²) in [5, 5.41) is 0. The fourth-order valence-corrected chi connectivity index (χ4v) is 3.40. The van der Waals surface area contributed by atoms with Crippen molar-refractivity contribution in [1.29, 1.82) is 0 Å². The van der Waals surface area contributed by atoms with E-state index in [1.165, 1.54) is 0 Å². The highest BCUT2D eigenvalue weighted by molar-refractivity contribution is 5.76. The number of hydrogen-bond donors (Lipinski definition) is 0. The van der Waals surface area contributed by atoms with Gasteiger partial charge in [0.25, 0.3) is 0 Å². The molecule has 26 heavy (non-hydrogen) atoms. The molecule has 2 aromatic heterocycles. The largest absolute Gasteiger partial charge is 0.352 e. The molecule has 0 atom stereocenters. The van der Waals surface area contributed by atoms with Gasteiger partial charge in [-0.05, 0) is 32.9 Å². The lowest BCUT2D eigenvalue weighted by atomic mass is 10.2. The fourth-order valence-electron chi connectivity index (χ4n) is 3.40. The van der Waals surface area contributed by atoms with Crippen molar-refractivity contribution in [3.63, 3.8) is 0 Å². The van der Waals surface area contributed by atoms with E-state index >= 15 is 0 Å². The highest BCUT2D eigenvalue weighted by Crippen LogP contribution is 2.24. The van der Waals surface area contributed by atoms with Gasteiger partial charge in [0.05, 0.1) is 22.4 Å². The van der Waals surface area contributed by atoms with E-state index in [0.29, 0.717) is 30.4 Å². The van der Waals surface area contributed by atoms with Crippen molar-refractivity contribution >= 4 is 22.7 Å². The topological polar surface area (TPSA) is 58.0 Å². The summed E-state index contributed by atoms with van der Waals surface area (Å²) in [4.78, 5) is 22.0. The average Bonchev–Trinajstić information content (AvgIpc) is 2.64. The van der Waals surface area contributed by atoms with Crippen molar-refractivity contribution < 1.29 is 4.39 Å². The van der Waals surface area contributed by atoms with Crippen molar-refractivity contribution in [3.05, 3.63) is 47.3 Å². The van der Waals surface area contributed by atoms with Gasteiger partial charge in [-0.15, -0.1) is 0 Å². The molecule has 0 spiro atoms. The van der Waals surface area contributed by atoms with Crippen molar-refractivity contribution in [1.82, 2.24) is 19.9 Å². The van der Waals surface area contributed by atoms with E-state index < -0.39 is 0 Å². The molecule has 0 amide bonds. The lowest BCUT2D eigenvalue weighted by molar-refractivity contribution is 0.570. The number of halogens is 1. The highest BCUT2D eigenvalue weighted by atomic mass is 19.1. The summed E-state index contributed by atoms with van der Waals surface area (Å²) >= 11 is 0. The molecule has 3 aromatic rings. The number of fused-ring (bicyclic) bond motifs is 1. The zero-order valence-electron chi connectivity index (χ0n) is 15.2. The first-order chi connectivity index (χ1) is 12.5. The Morgan fingerprint density at radius 2 is 1.31 bits per heavy atom. The van der Waals surface area contributed by atoms with E-state index in [0.717, 1.165) is 35.6 Å². The summed E-state index contributed by atoms with van der Waals surface area (Å²) < 4.78 is 14.4. The number of nitrogens with zero attached hydrogens (tertiary/aromatic N) is 6. The SMILES string of the molecule is Cc1nc(C)c(F)c(N2CCN(c3nc4ccccc4nc3C)CC2)n1. The van der Waals surface area contributed by atoms with E-state index in [-0.39, 0.29) is 5.82 Å². The first kappa shape index (κ1) is 16.6. The van der Waals surface area contributed by atoms with Crippen molar-refractivity contribution in [2.24, 2.45) is 0 Å². The zero-order chi connectivity index (χ0) is 18.3. The summed E-state index contributed by atoms with van der Waals surface area (Å²) in [7, 11) is 0. The quantitative estimate of drug-likeness (QED) is 0.707. The first-order valence-electron chi connectivity index (χ1n) is 8.77. The Morgan fingerprint density at radius 1 is 0.731 bits per heavy atom. The molecular formula is C19H21FN6. The minimum atomic E-state index is -0.328. The lowest BCUT2D eigenvalue weighted by Gasteiger charge is -2.36. The van der Waals surface area contributed by atoms with Crippen LogP contribution in [0.5, 0.6) is 0 Å². The maximum absolute atomic E-state index is 14.4. The second kappa shape index (κ2) is 6.48. The van der Waals surface area contributed by atoms with Gasteiger partial charge in [-0.1, -0.05) is 12.1 Å². The fraction of sp³-hybridized carbons (Fsp3) is 0.368. The molecule has 0 N–H and O–H groups in total. The Morgan fingerprint density at radius 3 is 1.96 bits per heavy atom. The number of hydrogen-bond acceptors (Lipinski definition) is 6. The summed E-state index contributed by atoms with van der Waals surface area (Å²) in [6.45, 7) is 8.31. The van der Waals surface area contributed by atoms with E-state index in [1.54, 1.807) is 13.8 Å².